The molecule has 166 valence electrons. The zero-order chi connectivity index (χ0) is 21.9. The number of piperidine rings is 1. The van der Waals surface area contributed by atoms with Crippen molar-refractivity contribution in [2.45, 2.75) is 32.2 Å². The number of likely N-dealkylation sites (tertiary alicyclic amines) is 1. The van der Waals surface area contributed by atoms with Gasteiger partial charge in [0.05, 0.1) is 12.3 Å². The van der Waals surface area contributed by atoms with Gasteiger partial charge in [0.1, 0.15) is 11.6 Å². The molecular weight excluding hydrogens is 408 g/mol. The van der Waals surface area contributed by atoms with Gasteiger partial charge in [0.2, 0.25) is 6.79 Å². The topological polar surface area (TPSA) is 89.6 Å². The van der Waals surface area contributed by atoms with Crippen LogP contribution in [0.2, 0.25) is 0 Å². The molecule has 2 aliphatic rings. The fraction of sp³-hybridized carbons (Fsp3) is 0.375. The van der Waals surface area contributed by atoms with E-state index in [1.54, 1.807) is 18.5 Å². The highest BCUT2D eigenvalue weighted by Crippen LogP contribution is 2.39. The third kappa shape index (κ3) is 4.31. The van der Waals surface area contributed by atoms with Gasteiger partial charge in [0.25, 0.3) is 5.56 Å². The lowest BCUT2D eigenvalue weighted by atomic mass is 9.94. The SMILES string of the molecule is CCOc1cc2c(cc1CN1CCCC(c3cc(=O)[nH]c(-c4ccncc4)n3)C1)OCO2. The summed E-state index contributed by atoms with van der Waals surface area (Å²) in [6.07, 6.45) is 5.44. The van der Waals surface area contributed by atoms with Crippen LogP contribution < -0.4 is 19.8 Å². The lowest BCUT2D eigenvalue weighted by Gasteiger charge is -2.33. The predicted octanol–water partition coefficient (Wildman–Crippen LogP) is 3.34. The largest absolute Gasteiger partial charge is 0.493 e. The third-order valence-electron chi connectivity index (χ3n) is 5.89. The zero-order valence-electron chi connectivity index (χ0n) is 18.0. The summed E-state index contributed by atoms with van der Waals surface area (Å²) in [6, 6.07) is 9.27. The van der Waals surface area contributed by atoms with E-state index in [1.807, 2.05) is 31.2 Å². The first-order chi connectivity index (χ1) is 15.7. The van der Waals surface area contributed by atoms with Crippen LogP contribution in [-0.2, 0) is 6.54 Å². The van der Waals surface area contributed by atoms with E-state index in [1.165, 1.54) is 0 Å². The number of nitrogens with zero attached hydrogens (tertiary/aromatic N) is 3. The van der Waals surface area contributed by atoms with Gasteiger partial charge in [0.15, 0.2) is 11.5 Å². The van der Waals surface area contributed by atoms with Crippen LogP contribution in [0.5, 0.6) is 17.2 Å². The zero-order valence-corrected chi connectivity index (χ0v) is 18.0. The van der Waals surface area contributed by atoms with Crippen LogP contribution in [0, 0.1) is 0 Å². The lowest BCUT2D eigenvalue weighted by Crippen LogP contribution is -2.34. The summed E-state index contributed by atoms with van der Waals surface area (Å²) in [5, 5.41) is 0. The molecule has 1 fully saturated rings. The Balaban J connectivity index is 1.37. The highest BCUT2D eigenvalue weighted by atomic mass is 16.7. The van der Waals surface area contributed by atoms with E-state index in [2.05, 4.69) is 14.9 Å². The molecule has 0 spiro atoms. The number of nitrogens with one attached hydrogen (secondary N) is 1. The van der Waals surface area contributed by atoms with Crippen molar-refractivity contribution >= 4 is 0 Å². The Kier molecular flexibility index (Phi) is 5.77. The third-order valence-corrected chi connectivity index (χ3v) is 5.89. The van der Waals surface area contributed by atoms with E-state index < -0.39 is 0 Å². The molecule has 8 heteroatoms. The van der Waals surface area contributed by atoms with Crippen molar-refractivity contribution in [2.24, 2.45) is 0 Å². The van der Waals surface area contributed by atoms with Crippen LogP contribution >= 0.6 is 0 Å². The van der Waals surface area contributed by atoms with Crippen molar-refractivity contribution in [3.63, 3.8) is 0 Å². The quantitative estimate of drug-likeness (QED) is 0.636. The molecule has 32 heavy (non-hydrogen) atoms. The summed E-state index contributed by atoms with van der Waals surface area (Å²) in [5.74, 6) is 3.09. The molecule has 1 aromatic carbocycles. The summed E-state index contributed by atoms with van der Waals surface area (Å²) >= 11 is 0. The molecule has 1 atom stereocenters. The number of rotatable bonds is 6. The van der Waals surface area contributed by atoms with Gasteiger partial charge in [-0.2, -0.15) is 0 Å². The second kappa shape index (κ2) is 9.00. The highest BCUT2D eigenvalue weighted by molar-refractivity contribution is 5.53. The summed E-state index contributed by atoms with van der Waals surface area (Å²) in [4.78, 5) is 26.4. The number of H-pyrrole nitrogens is 1. The number of hydrogen-bond acceptors (Lipinski definition) is 7. The minimum Gasteiger partial charge on any atom is -0.493 e. The number of benzene rings is 1. The van der Waals surface area contributed by atoms with Crippen LogP contribution in [0.4, 0.5) is 0 Å². The summed E-state index contributed by atoms with van der Waals surface area (Å²) < 4.78 is 16.9. The second-order valence-electron chi connectivity index (χ2n) is 8.08. The minimum absolute atomic E-state index is 0.131. The molecule has 0 bridgehead atoms. The van der Waals surface area contributed by atoms with Gasteiger partial charge in [0, 0.05) is 54.7 Å². The normalized spacial score (nSPS) is 18.0. The molecule has 8 nitrogen and oxygen atoms in total. The average molecular weight is 434 g/mol. The van der Waals surface area contributed by atoms with Crippen LogP contribution in [0.3, 0.4) is 0 Å². The number of aromatic amines is 1. The molecule has 1 N–H and O–H groups in total. The molecule has 1 unspecified atom stereocenters. The van der Waals surface area contributed by atoms with Gasteiger partial charge in [-0.25, -0.2) is 4.98 Å². The van der Waals surface area contributed by atoms with E-state index in [4.69, 9.17) is 19.2 Å². The molecule has 4 heterocycles. The van der Waals surface area contributed by atoms with Gasteiger partial charge in [-0.05, 0) is 44.5 Å². The Bertz CT molecular complexity index is 1150. The minimum atomic E-state index is -0.131. The Morgan fingerprint density at radius 3 is 2.81 bits per heavy atom. The van der Waals surface area contributed by atoms with E-state index in [9.17, 15) is 4.79 Å². The number of fused-ring (bicyclic) bond motifs is 1. The monoisotopic (exact) mass is 434 g/mol. The summed E-state index contributed by atoms with van der Waals surface area (Å²) in [7, 11) is 0. The molecule has 2 aliphatic heterocycles. The van der Waals surface area contributed by atoms with Crippen LogP contribution in [-0.4, -0.2) is 46.3 Å². The van der Waals surface area contributed by atoms with Crippen LogP contribution in [0.25, 0.3) is 11.4 Å². The molecule has 0 radical (unpaired) electrons. The van der Waals surface area contributed by atoms with E-state index >= 15 is 0 Å². The van der Waals surface area contributed by atoms with Gasteiger partial charge in [-0.1, -0.05) is 0 Å². The van der Waals surface area contributed by atoms with E-state index in [0.29, 0.717) is 12.4 Å². The Hall–Kier alpha value is -3.39. The van der Waals surface area contributed by atoms with Crippen molar-refractivity contribution in [1.29, 1.82) is 0 Å². The first-order valence-electron chi connectivity index (χ1n) is 11.0. The van der Waals surface area contributed by atoms with Gasteiger partial charge < -0.3 is 19.2 Å². The molecule has 0 aliphatic carbocycles. The molecule has 5 rings (SSSR count). The molecule has 0 amide bonds. The molecule has 2 aromatic heterocycles. The smallest absolute Gasteiger partial charge is 0.251 e. The van der Waals surface area contributed by atoms with Crippen LogP contribution in [0.15, 0.2) is 47.5 Å². The van der Waals surface area contributed by atoms with Crippen LogP contribution in [0.1, 0.15) is 36.9 Å². The van der Waals surface area contributed by atoms with Crippen molar-refractivity contribution in [2.75, 3.05) is 26.5 Å². The Morgan fingerprint density at radius 1 is 1.19 bits per heavy atom. The maximum atomic E-state index is 12.4. The van der Waals surface area contributed by atoms with Gasteiger partial charge in [-0.15, -0.1) is 0 Å². The van der Waals surface area contributed by atoms with Crippen molar-refractivity contribution in [3.8, 4) is 28.6 Å². The fourth-order valence-corrected chi connectivity index (χ4v) is 4.39. The first-order valence-corrected chi connectivity index (χ1v) is 11.0. The molecule has 0 saturated carbocycles. The van der Waals surface area contributed by atoms with Crippen molar-refractivity contribution < 1.29 is 14.2 Å². The maximum absolute atomic E-state index is 12.4. The Morgan fingerprint density at radius 2 is 2.00 bits per heavy atom. The van der Waals surface area contributed by atoms with Gasteiger partial charge >= 0.3 is 0 Å². The fourth-order valence-electron chi connectivity index (χ4n) is 4.39. The van der Waals surface area contributed by atoms with Crippen molar-refractivity contribution in [3.05, 3.63) is 64.3 Å². The summed E-state index contributed by atoms with van der Waals surface area (Å²) in [5.41, 5.74) is 2.63. The van der Waals surface area contributed by atoms with E-state index in [-0.39, 0.29) is 18.3 Å². The van der Waals surface area contributed by atoms with Gasteiger partial charge in [-0.3, -0.25) is 14.7 Å². The maximum Gasteiger partial charge on any atom is 0.251 e. The molecular formula is C24H26N4O4. The number of aromatic nitrogens is 3. The van der Waals surface area contributed by atoms with Crippen molar-refractivity contribution in [1.82, 2.24) is 19.9 Å². The second-order valence-corrected chi connectivity index (χ2v) is 8.08. The molecule has 1 saturated heterocycles. The standard InChI is InChI=1S/C24H26N4O4/c1-2-30-20-12-22-21(31-15-32-22)10-18(20)14-28-9-3-4-17(13-28)19-11-23(29)27-24(26-19)16-5-7-25-8-6-16/h5-8,10-12,17H,2-4,9,13-15H2,1H3,(H,26,27,29). The van der Waals surface area contributed by atoms with E-state index in [0.717, 1.165) is 66.5 Å². The summed E-state index contributed by atoms with van der Waals surface area (Å²) in [6.45, 7) is 5.35. The number of ether oxygens (including phenoxy) is 3. The molecule has 3 aromatic rings. The Labute approximate surface area is 186 Å². The first kappa shape index (κ1) is 20.5. The lowest BCUT2D eigenvalue weighted by molar-refractivity contribution is 0.173. The number of pyridine rings is 1. The average Bonchev–Trinajstić information content (AvgIpc) is 3.27. The number of hydrogen-bond donors (Lipinski definition) is 1. The highest BCUT2D eigenvalue weighted by Gasteiger charge is 2.25. The predicted molar refractivity (Wildman–Crippen MR) is 119 cm³/mol.